The highest BCUT2D eigenvalue weighted by Crippen LogP contribution is 2.25. The van der Waals surface area contributed by atoms with Gasteiger partial charge in [-0.3, -0.25) is 4.98 Å². The van der Waals surface area contributed by atoms with E-state index in [4.69, 9.17) is 0 Å². The molecule has 0 radical (unpaired) electrons. The van der Waals surface area contributed by atoms with Gasteiger partial charge < -0.3 is 4.98 Å². The Morgan fingerprint density at radius 1 is 1.29 bits per heavy atom. The van der Waals surface area contributed by atoms with Gasteiger partial charge in [-0.15, -0.1) is 0 Å². The fraction of sp³-hybridized carbons (Fsp3) is 0.0833. The maximum Gasteiger partial charge on any atom is 0.0942 e. The molecule has 68 valence electrons. The van der Waals surface area contributed by atoms with Gasteiger partial charge in [0.1, 0.15) is 0 Å². The second kappa shape index (κ2) is 2.58. The largest absolute Gasteiger partial charge is 0.359 e. The van der Waals surface area contributed by atoms with Crippen LogP contribution in [0.25, 0.3) is 21.8 Å². The van der Waals surface area contributed by atoms with E-state index in [-0.39, 0.29) is 0 Å². The smallest absolute Gasteiger partial charge is 0.0942 e. The number of benzene rings is 1. The van der Waals surface area contributed by atoms with Crippen LogP contribution in [0.15, 0.2) is 36.7 Å². The van der Waals surface area contributed by atoms with Crippen molar-refractivity contribution in [2.45, 2.75) is 6.92 Å². The van der Waals surface area contributed by atoms with Crippen LogP contribution in [0.2, 0.25) is 0 Å². The summed E-state index contributed by atoms with van der Waals surface area (Å²) in [6, 6.07) is 8.34. The zero-order chi connectivity index (χ0) is 9.54. The molecule has 0 aliphatic carbocycles. The standard InChI is InChI=1S/C12H10N2/c1-8-7-9-3-2-5-13-11(9)12-10(8)4-6-14-12/h2-7,14H,1H3. The number of hydrogen-bond acceptors (Lipinski definition) is 1. The molecule has 0 aliphatic heterocycles. The Morgan fingerprint density at radius 3 is 3.14 bits per heavy atom. The molecule has 1 aromatic carbocycles. The van der Waals surface area contributed by atoms with Crippen molar-refractivity contribution in [1.29, 1.82) is 0 Å². The molecular weight excluding hydrogens is 172 g/mol. The van der Waals surface area contributed by atoms with E-state index in [2.05, 4.69) is 35.1 Å². The van der Waals surface area contributed by atoms with Crippen molar-refractivity contribution in [1.82, 2.24) is 9.97 Å². The Kier molecular flexibility index (Phi) is 1.39. The Balaban J connectivity index is 2.66. The van der Waals surface area contributed by atoms with Gasteiger partial charge in [0.15, 0.2) is 0 Å². The van der Waals surface area contributed by atoms with Crippen LogP contribution in [-0.2, 0) is 0 Å². The second-order valence-electron chi connectivity index (χ2n) is 3.53. The number of nitrogens with zero attached hydrogens (tertiary/aromatic N) is 1. The van der Waals surface area contributed by atoms with Crippen LogP contribution in [0.1, 0.15) is 5.56 Å². The minimum absolute atomic E-state index is 1.05. The van der Waals surface area contributed by atoms with Crippen LogP contribution in [0, 0.1) is 6.92 Å². The zero-order valence-electron chi connectivity index (χ0n) is 7.91. The maximum atomic E-state index is 4.39. The third-order valence-corrected chi connectivity index (χ3v) is 2.62. The SMILES string of the molecule is Cc1cc2cccnc2c2[nH]ccc12. The highest BCUT2D eigenvalue weighted by Gasteiger charge is 2.04. The summed E-state index contributed by atoms with van der Waals surface area (Å²) in [6.45, 7) is 2.13. The van der Waals surface area contributed by atoms with Crippen LogP contribution in [0.4, 0.5) is 0 Å². The summed E-state index contributed by atoms with van der Waals surface area (Å²) in [5, 5.41) is 2.45. The van der Waals surface area contributed by atoms with Gasteiger partial charge in [0.05, 0.1) is 11.0 Å². The van der Waals surface area contributed by atoms with Crippen LogP contribution < -0.4 is 0 Å². The third-order valence-electron chi connectivity index (χ3n) is 2.62. The van der Waals surface area contributed by atoms with Crippen LogP contribution >= 0.6 is 0 Å². The molecule has 0 saturated carbocycles. The van der Waals surface area contributed by atoms with E-state index in [1.165, 1.54) is 16.3 Å². The first-order chi connectivity index (χ1) is 6.86. The van der Waals surface area contributed by atoms with Gasteiger partial charge in [0, 0.05) is 23.2 Å². The predicted octanol–water partition coefficient (Wildman–Crippen LogP) is 3.02. The maximum absolute atomic E-state index is 4.39. The Bertz CT molecular complexity index is 608. The fourth-order valence-electron chi connectivity index (χ4n) is 1.95. The van der Waals surface area contributed by atoms with Gasteiger partial charge in [-0.1, -0.05) is 6.07 Å². The number of aryl methyl sites for hydroxylation is 1. The summed E-state index contributed by atoms with van der Waals surface area (Å²) in [7, 11) is 0. The Hall–Kier alpha value is -1.83. The van der Waals surface area contributed by atoms with Gasteiger partial charge in [-0.05, 0) is 30.7 Å². The van der Waals surface area contributed by atoms with E-state index < -0.39 is 0 Å². The van der Waals surface area contributed by atoms with E-state index in [1.54, 1.807) is 0 Å². The van der Waals surface area contributed by atoms with Crippen molar-refractivity contribution in [3.8, 4) is 0 Å². The van der Waals surface area contributed by atoms with E-state index in [0.717, 1.165) is 11.0 Å². The zero-order valence-corrected chi connectivity index (χ0v) is 7.91. The van der Waals surface area contributed by atoms with Gasteiger partial charge in [-0.25, -0.2) is 0 Å². The van der Waals surface area contributed by atoms with E-state index in [9.17, 15) is 0 Å². The lowest BCUT2D eigenvalue weighted by Gasteiger charge is -2.01. The van der Waals surface area contributed by atoms with Gasteiger partial charge in [0.25, 0.3) is 0 Å². The molecule has 1 N–H and O–H groups in total. The topological polar surface area (TPSA) is 28.7 Å². The quantitative estimate of drug-likeness (QED) is 0.568. The van der Waals surface area contributed by atoms with Crippen molar-refractivity contribution >= 4 is 21.8 Å². The second-order valence-corrected chi connectivity index (χ2v) is 3.53. The summed E-state index contributed by atoms with van der Waals surface area (Å²) in [4.78, 5) is 7.63. The Morgan fingerprint density at radius 2 is 2.21 bits per heavy atom. The molecule has 2 aromatic heterocycles. The molecule has 0 bridgehead atoms. The fourth-order valence-corrected chi connectivity index (χ4v) is 1.95. The monoisotopic (exact) mass is 182 g/mol. The molecule has 0 saturated heterocycles. The molecule has 3 rings (SSSR count). The number of H-pyrrole nitrogens is 1. The average Bonchev–Trinajstić information content (AvgIpc) is 2.67. The highest BCUT2D eigenvalue weighted by molar-refractivity contribution is 6.04. The summed E-state index contributed by atoms with van der Waals surface area (Å²) >= 11 is 0. The molecule has 2 nitrogen and oxygen atoms in total. The van der Waals surface area contributed by atoms with Crippen molar-refractivity contribution in [2.75, 3.05) is 0 Å². The third kappa shape index (κ3) is 0.880. The normalized spacial score (nSPS) is 11.2. The lowest BCUT2D eigenvalue weighted by Crippen LogP contribution is -1.82. The Labute approximate surface area is 81.6 Å². The molecule has 2 heteroatoms. The average molecular weight is 182 g/mol. The number of aromatic amines is 1. The minimum Gasteiger partial charge on any atom is -0.359 e. The molecule has 0 amide bonds. The molecule has 2 heterocycles. The highest BCUT2D eigenvalue weighted by atomic mass is 14.7. The minimum atomic E-state index is 1.05. The first kappa shape index (κ1) is 7.56. The number of pyridine rings is 1. The number of fused-ring (bicyclic) bond motifs is 3. The number of rotatable bonds is 0. The van der Waals surface area contributed by atoms with Gasteiger partial charge in [-0.2, -0.15) is 0 Å². The van der Waals surface area contributed by atoms with E-state index in [0.29, 0.717) is 0 Å². The molecule has 0 aliphatic rings. The first-order valence-electron chi connectivity index (χ1n) is 4.68. The molecule has 0 spiro atoms. The van der Waals surface area contributed by atoms with Crippen LogP contribution in [0.3, 0.4) is 0 Å². The van der Waals surface area contributed by atoms with Crippen molar-refractivity contribution in [3.63, 3.8) is 0 Å². The number of nitrogens with one attached hydrogen (secondary N) is 1. The molecular formula is C12H10N2. The van der Waals surface area contributed by atoms with Crippen molar-refractivity contribution < 1.29 is 0 Å². The molecule has 0 atom stereocenters. The van der Waals surface area contributed by atoms with Crippen molar-refractivity contribution in [2.24, 2.45) is 0 Å². The van der Waals surface area contributed by atoms with Crippen LogP contribution in [0.5, 0.6) is 0 Å². The lowest BCUT2D eigenvalue weighted by molar-refractivity contribution is 1.39. The van der Waals surface area contributed by atoms with Gasteiger partial charge in [0.2, 0.25) is 0 Å². The summed E-state index contributed by atoms with van der Waals surface area (Å²) < 4.78 is 0. The summed E-state index contributed by atoms with van der Waals surface area (Å²) in [5.41, 5.74) is 3.49. The summed E-state index contributed by atoms with van der Waals surface area (Å²) in [5.74, 6) is 0. The molecule has 14 heavy (non-hydrogen) atoms. The number of aromatic nitrogens is 2. The van der Waals surface area contributed by atoms with Crippen LogP contribution in [-0.4, -0.2) is 9.97 Å². The van der Waals surface area contributed by atoms with Gasteiger partial charge >= 0.3 is 0 Å². The lowest BCUT2D eigenvalue weighted by atomic mass is 10.1. The van der Waals surface area contributed by atoms with E-state index in [1.807, 2.05) is 18.5 Å². The van der Waals surface area contributed by atoms with E-state index >= 15 is 0 Å². The number of hydrogen-bond donors (Lipinski definition) is 1. The predicted molar refractivity (Wildman–Crippen MR) is 58.3 cm³/mol. The molecule has 0 unspecified atom stereocenters. The van der Waals surface area contributed by atoms with Crippen molar-refractivity contribution in [3.05, 3.63) is 42.2 Å². The molecule has 0 fully saturated rings. The summed E-state index contributed by atoms with van der Waals surface area (Å²) in [6.07, 6.45) is 3.80. The first-order valence-corrected chi connectivity index (χ1v) is 4.68. The molecule has 3 aromatic rings.